The van der Waals surface area contributed by atoms with E-state index in [2.05, 4.69) is 4.72 Å². The summed E-state index contributed by atoms with van der Waals surface area (Å²) in [5.41, 5.74) is -0.683. The fourth-order valence-corrected chi connectivity index (χ4v) is 4.51. The molecule has 3 rings (SSSR count). The second kappa shape index (κ2) is 7.26. The number of nitrogens with one attached hydrogen (secondary N) is 1. The SMILES string of the molecule is CC1(O)CCC(NS(=O)(=O)c2ccc(-c3cc(F)c(F)cc3F)cc2)CC1. The molecule has 0 spiro atoms. The lowest BCUT2D eigenvalue weighted by atomic mass is 9.84. The number of benzene rings is 2. The van der Waals surface area contributed by atoms with Gasteiger partial charge in [-0.3, -0.25) is 0 Å². The Labute approximate surface area is 156 Å². The Morgan fingerprint density at radius 1 is 1.00 bits per heavy atom. The van der Waals surface area contributed by atoms with Gasteiger partial charge in [-0.15, -0.1) is 0 Å². The highest BCUT2D eigenvalue weighted by Gasteiger charge is 2.31. The number of sulfonamides is 1. The Bertz CT molecular complexity index is 933. The molecule has 2 aromatic rings. The smallest absolute Gasteiger partial charge is 0.240 e. The maximum Gasteiger partial charge on any atom is 0.240 e. The number of halogens is 3. The van der Waals surface area contributed by atoms with Crippen molar-refractivity contribution in [3.05, 3.63) is 53.8 Å². The van der Waals surface area contributed by atoms with Crippen LogP contribution in [-0.2, 0) is 10.0 Å². The van der Waals surface area contributed by atoms with Crippen LogP contribution in [0.5, 0.6) is 0 Å². The molecule has 1 aliphatic rings. The molecule has 0 saturated heterocycles. The molecule has 0 amide bonds. The van der Waals surface area contributed by atoms with Crippen molar-refractivity contribution in [2.45, 2.75) is 49.1 Å². The third-order valence-corrected chi connectivity index (χ3v) is 6.41. The first-order valence-electron chi connectivity index (χ1n) is 8.57. The average molecular weight is 399 g/mol. The van der Waals surface area contributed by atoms with Gasteiger partial charge in [-0.1, -0.05) is 12.1 Å². The molecule has 27 heavy (non-hydrogen) atoms. The molecule has 1 saturated carbocycles. The van der Waals surface area contributed by atoms with Crippen LogP contribution in [0.15, 0.2) is 41.3 Å². The van der Waals surface area contributed by atoms with Gasteiger partial charge in [0.05, 0.1) is 10.5 Å². The largest absolute Gasteiger partial charge is 0.390 e. The highest BCUT2D eigenvalue weighted by molar-refractivity contribution is 7.89. The lowest BCUT2D eigenvalue weighted by molar-refractivity contribution is 0.0163. The summed E-state index contributed by atoms with van der Waals surface area (Å²) in [6.07, 6.45) is 2.08. The van der Waals surface area contributed by atoms with Gasteiger partial charge in [0.15, 0.2) is 11.6 Å². The van der Waals surface area contributed by atoms with Gasteiger partial charge in [-0.05, 0) is 56.4 Å². The molecule has 2 aromatic carbocycles. The van der Waals surface area contributed by atoms with Crippen molar-refractivity contribution >= 4 is 10.0 Å². The van der Waals surface area contributed by atoms with Crippen molar-refractivity contribution in [2.75, 3.05) is 0 Å². The molecule has 146 valence electrons. The van der Waals surface area contributed by atoms with E-state index in [1.165, 1.54) is 24.3 Å². The van der Waals surface area contributed by atoms with Crippen molar-refractivity contribution in [3.63, 3.8) is 0 Å². The maximum absolute atomic E-state index is 13.9. The third-order valence-electron chi connectivity index (χ3n) is 4.87. The van der Waals surface area contributed by atoms with E-state index in [-0.39, 0.29) is 22.1 Å². The van der Waals surface area contributed by atoms with Gasteiger partial charge in [-0.2, -0.15) is 0 Å². The first-order chi connectivity index (χ1) is 12.6. The van der Waals surface area contributed by atoms with Crippen LogP contribution in [0.4, 0.5) is 13.2 Å². The van der Waals surface area contributed by atoms with E-state index in [9.17, 15) is 26.7 Å². The number of rotatable bonds is 4. The minimum absolute atomic E-state index is 0.00780. The molecule has 1 aliphatic carbocycles. The molecule has 0 heterocycles. The van der Waals surface area contributed by atoms with Gasteiger partial charge in [-0.25, -0.2) is 26.3 Å². The Kier molecular flexibility index (Phi) is 5.33. The van der Waals surface area contributed by atoms with Gasteiger partial charge in [0.2, 0.25) is 10.0 Å². The first-order valence-corrected chi connectivity index (χ1v) is 10.1. The second-order valence-electron chi connectivity index (χ2n) is 7.16. The van der Waals surface area contributed by atoms with E-state index in [0.717, 1.165) is 6.07 Å². The van der Waals surface area contributed by atoms with E-state index < -0.39 is 33.1 Å². The van der Waals surface area contributed by atoms with Crippen molar-refractivity contribution in [2.24, 2.45) is 0 Å². The zero-order chi connectivity index (χ0) is 19.8. The van der Waals surface area contributed by atoms with E-state index >= 15 is 0 Å². The van der Waals surface area contributed by atoms with Gasteiger partial charge < -0.3 is 5.11 Å². The van der Waals surface area contributed by atoms with E-state index in [4.69, 9.17) is 0 Å². The van der Waals surface area contributed by atoms with Gasteiger partial charge >= 0.3 is 0 Å². The van der Waals surface area contributed by atoms with Crippen molar-refractivity contribution in [1.82, 2.24) is 4.72 Å². The minimum atomic E-state index is -3.78. The minimum Gasteiger partial charge on any atom is -0.390 e. The van der Waals surface area contributed by atoms with Crippen molar-refractivity contribution in [1.29, 1.82) is 0 Å². The van der Waals surface area contributed by atoms with Crippen molar-refractivity contribution in [3.8, 4) is 11.1 Å². The maximum atomic E-state index is 13.9. The quantitative estimate of drug-likeness (QED) is 0.770. The summed E-state index contributed by atoms with van der Waals surface area (Å²) < 4.78 is 67.9. The van der Waals surface area contributed by atoms with Crippen LogP contribution >= 0.6 is 0 Å². The molecule has 1 fully saturated rings. The Morgan fingerprint density at radius 3 is 2.15 bits per heavy atom. The highest BCUT2D eigenvalue weighted by atomic mass is 32.2. The summed E-state index contributed by atoms with van der Waals surface area (Å²) in [5, 5.41) is 9.95. The van der Waals surface area contributed by atoms with Crippen LogP contribution in [-0.4, -0.2) is 25.2 Å². The fourth-order valence-electron chi connectivity index (χ4n) is 3.20. The van der Waals surface area contributed by atoms with Gasteiger partial charge in [0, 0.05) is 17.7 Å². The predicted molar refractivity (Wildman–Crippen MR) is 95.0 cm³/mol. The fraction of sp³-hybridized carbons (Fsp3) is 0.368. The summed E-state index contributed by atoms with van der Waals surface area (Å²) in [6, 6.07) is 6.19. The Morgan fingerprint density at radius 2 is 1.56 bits per heavy atom. The molecule has 4 nitrogen and oxygen atoms in total. The molecule has 2 N–H and O–H groups in total. The summed E-state index contributed by atoms with van der Waals surface area (Å²) in [5.74, 6) is -3.40. The molecule has 0 radical (unpaired) electrons. The third kappa shape index (κ3) is 4.51. The Balaban J connectivity index is 1.78. The normalized spacial score (nSPS) is 23.4. The summed E-state index contributed by atoms with van der Waals surface area (Å²) in [6.45, 7) is 1.73. The standard InChI is InChI=1S/C19H20F3NO3S/c1-19(24)8-6-13(7-9-19)23-27(25,26)14-4-2-12(3-5-14)15-10-17(21)18(22)11-16(15)20/h2-5,10-11,13,23-24H,6-9H2,1H3. The van der Waals surface area contributed by atoms with Crippen LogP contribution in [0.25, 0.3) is 11.1 Å². The zero-order valence-corrected chi connectivity index (χ0v) is 15.5. The van der Waals surface area contributed by atoms with E-state index in [1.54, 1.807) is 6.92 Å². The molecule has 8 heteroatoms. The summed E-state index contributed by atoms with van der Waals surface area (Å²) in [7, 11) is -3.78. The summed E-state index contributed by atoms with van der Waals surface area (Å²) >= 11 is 0. The average Bonchev–Trinajstić information content (AvgIpc) is 2.60. The first kappa shape index (κ1) is 19.9. The number of hydrogen-bond acceptors (Lipinski definition) is 3. The number of aliphatic hydroxyl groups is 1. The second-order valence-corrected chi connectivity index (χ2v) is 8.88. The number of hydrogen-bond donors (Lipinski definition) is 2. The van der Waals surface area contributed by atoms with E-state index in [0.29, 0.717) is 31.7 Å². The molecular weight excluding hydrogens is 379 g/mol. The van der Waals surface area contributed by atoms with Crippen LogP contribution < -0.4 is 4.72 Å². The van der Waals surface area contributed by atoms with E-state index in [1.807, 2.05) is 0 Å². The molecule has 0 unspecified atom stereocenters. The summed E-state index contributed by atoms with van der Waals surface area (Å²) in [4.78, 5) is -0.00780. The zero-order valence-electron chi connectivity index (χ0n) is 14.7. The molecule has 0 aromatic heterocycles. The highest BCUT2D eigenvalue weighted by Crippen LogP contribution is 2.29. The monoisotopic (exact) mass is 399 g/mol. The molecule has 0 aliphatic heterocycles. The van der Waals surface area contributed by atoms with Crippen LogP contribution in [0.3, 0.4) is 0 Å². The Hall–Kier alpha value is -1.90. The van der Waals surface area contributed by atoms with Crippen LogP contribution in [0.1, 0.15) is 32.6 Å². The molecule has 0 bridgehead atoms. The van der Waals surface area contributed by atoms with Gasteiger partial charge in [0.25, 0.3) is 0 Å². The lowest BCUT2D eigenvalue weighted by Gasteiger charge is -2.33. The van der Waals surface area contributed by atoms with Crippen LogP contribution in [0, 0.1) is 17.5 Å². The lowest BCUT2D eigenvalue weighted by Crippen LogP contribution is -2.42. The van der Waals surface area contributed by atoms with Crippen molar-refractivity contribution < 1.29 is 26.7 Å². The topological polar surface area (TPSA) is 66.4 Å². The van der Waals surface area contributed by atoms with Crippen LogP contribution in [0.2, 0.25) is 0 Å². The molecular formula is C19H20F3NO3S. The molecule has 0 atom stereocenters. The predicted octanol–water partition coefficient (Wildman–Crippen LogP) is 3.74. The van der Waals surface area contributed by atoms with Gasteiger partial charge in [0.1, 0.15) is 5.82 Å².